The van der Waals surface area contributed by atoms with Crippen molar-refractivity contribution in [1.82, 2.24) is 5.32 Å². The minimum atomic E-state index is 0.0470. The zero-order valence-electron chi connectivity index (χ0n) is 10.3. The van der Waals surface area contributed by atoms with E-state index in [0.29, 0.717) is 19.6 Å². The first-order valence-corrected chi connectivity index (χ1v) is 6.09. The SMILES string of the molecule is C=C=C(COCc1ccccc1)[C@@H]1CCC(=O)N1. The molecule has 3 heteroatoms. The minimum Gasteiger partial charge on any atom is -0.372 e. The molecular weight excluding hydrogens is 226 g/mol. The molecule has 1 heterocycles. The normalized spacial score (nSPS) is 18.2. The van der Waals surface area contributed by atoms with Crippen LogP contribution in [0.3, 0.4) is 0 Å². The average molecular weight is 243 g/mol. The lowest BCUT2D eigenvalue weighted by Crippen LogP contribution is -2.28. The van der Waals surface area contributed by atoms with E-state index in [1.54, 1.807) is 0 Å². The molecule has 1 aromatic carbocycles. The first kappa shape index (κ1) is 12.6. The van der Waals surface area contributed by atoms with Crippen molar-refractivity contribution >= 4 is 5.91 Å². The molecule has 1 saturated heterocycles. The first-order valence-electron chi connectivity index (χ1n) is 6.09. The Labute approximate surface area is 107 Å². The first-order chi connectivity index (χ1) is 8.79. The molecule has 0 unspecified atom stereocenters. The third-order valence-corrected chi connectivity index (χ3v) is 3.01. The summed E-state index contributed by atoms with van der Waals surface area (Å²) in [7, 11) is 0. The number of carbonyl (C=O) groups excluding carboxylic acids is 1. The van der Waals surface area contributed by atoms with Gasteiger partial charge in [-0.15, -0.1) is 5.73 Å². The molecule has 2 rings (SSSR count). The molecule has 3 nitrogen and oxygen atoms in total. The van der Waals surface area contributed by atoms with E-state index >= 15 is 0 Å². The van der Waals surface area contributed by atoms with Crippen molar-refractivity contribution in [3.05, 3.63) is 53.8 Å². The summed E-state index contributed by atoms with van der Waals surface area (Å²) in [6.07, 6.45) is 1.39. The smallest absolute Gasteiger partial charge is 0.220 e. The topological polar surface area (TPSA) is 38.3 Å². The summed E-state index contributed by atoms with van der Waals surface area (Å²) in [5.74, 6) is 0.0933. The predicted molar refractivity (Wildman–Crippen MR) is 69.9 cm³/mol. The highest BCUT2D eigenvalue weighted by Gasteiger charge is 2.23. The van der Waals surface area contributed by atoms with Crippen LogP contribution in [0.2, 0.25) is 0 Å². The van der Waals surface area contributed by atoms with E-state index in [1.165, 1.54) is 0 Å². The second kappa shape index (κ2) is 6.20. The summed E-state index contributed by atoms with van der Waals surface area (Å²) < 4.78 is 5.63. The summed E-state index contributed by atoms with van der Waals surface area (Å²) in [5, 5.41) is 2.90. The van der Waals surface area contributed by atoms with E-state index in [2.05, 4.69) is 17.6 Å². The maximum absolute atomic E-state index is 11.2. The van der Waals surface area contributed by atoms with Crippen molar-refractivity contribution in [3.8, 4) is 0 Å². The number of amides is 1. The van der Waals surface area contributed by atoms with Crippen molar-refractivity contribution in [2.45, 2.75) is 25.5 Å². The molecule has 0 aromatic heterocycles. The minimum absolute atomic E-state index is 0.0470. The van der Waals surface area contributed by atoms with Crippen LogP contribution >= 0.6 is 0 Å². The lowest BCUT2D eigenvalue weighted by atomic mass is 10.1. The molecule has 0 bridgehead atoms. The molecular formula is C15H17NO2. The van der Waals surface area contributed by atoms with Gasteiger partial charge in [-0.25, -0.2) is 0 Å². The van der Waals surface area contributed by atoms with Crippen LogP contribution in [-0.2, 0) is 16.1 Å². The van der Waals surface area contributed by atoms with Crippen LogP contribution < -0.4 is 5.32 Å². The zero-order chi connectivity index (χ0) is 12.8. The van der Waals surface area contributed by atoms with Crippen LogP contribution in [0.5, 0.6) is 0 Å². The Bertz CT molecular complexity index is 461. The van der Waals surface area contributed by atoms with Gasteiger partial charge in [-0.3, -0.25) is 4.79 Å². The molecule has 1 amide bonds. The number of nitrogens with one attached hydrogen (secondary N) is 1. The Morgan fingerprint density at radius 3 is 2.83 bits per heavy atom. The van der Waals surface area contributed by atoms with Crippen molar-refractivity contribution in [3.63, 3.8) is 0 Å². The fourth-order valence-corrected chi connectivity index (χ4v) is 2.00. The Morgan fingerprint density at radius 2 is 2.22 bits per heavy atom. The molecule has 0 saturated carbocycles. The second-order valence-corrected chi connectivity index (χ2v) is 4.34. The van der Waals surface area contributed by atoms with Gasteiger partial charge in [-0.2, -0.15) is 0 Å². The van der Waals surface area contributed by atoms with Crippen LogP contribution in [0.15, 0.2) is 48.2 Å². The number of carbonyl (C=O) groups is 1. The zero-order valence-corrected chi connectivity index (χ0v) is 10.3. The van der Waals surface area contributed by atoms with Gasteiger partial charge in [0.25, 0.3) is 0 Å². The van der Waals surface area contributed by atoms with Gasteiger partial charge in [-0.1, -0.05) is 36.9 Å². The Kier molecular flexibility index (Phi) is 4.35. The van der Waals surface area contributed by atoms with Crippen molar-refractivity contribution in [1.29, 1.82) is 0 Å². The van der Waals surface area contributed by atoms with Gasteiger partial charge in [0.2, 0.25) is 5.91 Å². The molecule has 0 radical (unpaired) electrons. The number of ether oxygens (including phenoxy) is 1. The lowest BCUT2D eigenvalue weighted by molar-refractivity contribution is -0.119. The fraction of sp³-hybridized carbons (Fsp3) is 0.333. The summed E-state index contributed by atoms with van der Waals surface area (Å²) in [4.78, 5) is 11.2. The monoisotopic (exact) mass is 243 g/mol. The van der Waals surface area contributed by atoms with Crippen LogP contribution in [0.25, 0.3) is 0 Å². The Balaban J connectivity index is 1.82. The summed E-state index contributed by atoms with van der Waals surface area (Å²) in [6.45, 7) is 4.69. The molecule has 1 aromatic rings. The third-order valence-electron chi connectivity index (χ3n) is 3.01. The third kappa shape index (κ3) is 3.33. The van der Waals surface area contributed by atoms with Crippen LogP contribution in [0.4, 0.5) is 0 Å². The Morgan fingerprint density at radius 1 is 1.44 bits per heavy atom. The van der Waals surface area contributed by atoms with Crippen molar-refractivity contribution < 1.29 is 9.53 Å². The molecule has 1 aliphatic heterocycles. The van der Waals surface area contributed by atoms with Gasteiger partial charge in [0.15, 0.2) is 0 Å². The van der Waals surface area contributed by atoms with Gasteiger partial charge < -0.3 is 10.1 Å². The lowest BCUT2D eigenvalue weighted by Gasteiger charge is -2.13. The van der Waals surface area contributed by atoms with Gasteiger partial charge in [0.1, 0.15) is 0 Å². The number of hydrogen-bond acceptors (Lipinski definition) is 2. The van der Waals surface area contributed by atoms with E-state index in [4.69, 9.17) is 4.74 Å². The maximum Gasteiger partial charge on any atom is 0.220 e. The molecule has 0 aliphatic carbocycles. The molecule has 18 heavy (non-hydrogen) atoms. The molecule has 0 spiro atoms. The summed E-state index contributed by atoms with van der Waals surface area (Å²) in [5.41, 5.74) is 4.94. The molecule has 1 N–H and O–H groups in total. The molecule has 1 fully saturated rings. The summed E-state index contributed by atoms with van der Waals surface area (Å²) >= 11 is 0. The molecule has 1 aliphatic rings. The van der Waals surface area contributed by atoms with E-state index in [-0.39, 0.29) is 11.9 Å². The number of rotatable bonds is 5. The van der Waals surface area contributed by atoms with E-state index in [9.17, 15) is 4.79 Å². The quantitative estimate of drug-likeness (QED) is 0.805. The Hall–Kier alpha value is -1.83. The van der Waals surface area contributed by atoms with Crippen LogP contribution in [0, 0.1) is 0 Å². The van der Waals surface area contributed by atoms with Crippen molar-refractivity contribution in [2.75, 3.05) is 6.61 Å². The van der Waals surface area contributed by atoms with Gasteiger partial charge >= 0.3 is 0 Å². The largest absolute Gasteiger partial charge is 0.372 e. The average Bonchev–Trinajstić information content (AvgIpc) is 2.82. The van der Waals surface area contributed by atoms with E-state index in [1.807, 2.05) is 30.3 Å². The van der Waals surface area contributed by atoms with E-state index in [0.717, 1.165) is 17.6 Å². The van der Waals surface area contributed by atoms with Gasteiger partial charge in [-0.05, 0) is 12.0 Å². The molecule has 94 valence electrons. The predicted octanol–water partition coefficient (Wildman–Crippen LogP) is 2.19. The highest BCUT2D eigenvalue weighted by Crippen LogP contribution is 2.15. The second-order valence-electron chi connectivity index (χ2n) is 4.34. The highest BCUT2D eigenvalue weighted by atomic mass is 16.5. The van der Waals surface area contributed by atoms with Gasteiger partial charge in [0, 0.05) is 12.0 Å². The van der Waals surface area contributed by atoms with Crippen molar-refractivity contribution in [2.24, 2.45) is 0 Å². The highest BCUT2D eigenvalue weighted by molar-refractivity contribution is 5.79. The van der Waals surface area contributed by atoms with Crippen LogP contribution in [-0.4, -0.2) is 18.6 Å². The van der Waals surface area contributed by atoms with Gasteiger partial charge in [0.05, 0.1) is 19.3 Å². The molecule has 1 atom stereocenters. The number of hydrogen-bond donors (Lipinski definition) is 1. The standard InChI is InChI=1S/C15H17NO2/c1-2-13(14-8-9-15(17)16-14)11-18-10-12-6-4-3-5-7-12/h3-7,14H,1,8-11H2,(H,16,17)/t14-/m0/s1. The maximum atomic E-state index is 11.2. The van der Waals surface area contributed by atoms with E-state index < -0.39 is 0 Å². The van der Waals surface area contributed by atoms with Crippen LogP contribution in [0.1, 0.15) is 18.4 Å². The summed E-state index contributed by atoms with van der Waals surface area (Å²) in [6, 6.07) is 10.0. The fourth-order valence-electron chi connectivity index (χ4n) is 2.00. The number of benzene rings is 1.